The molecule has 124 valence electrons. The van der Waals surface area contributed by atoms with E-state index in [-0.39, 0.29) is 70.6 Å². The number of aryl methyl sites for hydroxylation is 1. The summed E-state index contributed by atoms with van der Waals surface area (Å²) < 4.78 is 17.7. The van der Waals surface area contributed by atoms with E-state index in [0.29, 0.717) is 33.2 Å². The molecule has 1 atom stereocenters. The third-order valence-corrected chi connectivity index (χ3v) is 4.89. The molecule has 0 fully saturated rings. The van der Waals surface area contributed by atoms with E-state index in [1.165, 1.54) is 0 Å². The van der Waals surface area contributed by atoms with Gasteiger partial charge in [0, 0.05) is 34.6 Å². The number of nitrogens with one attached hydrogen (secondary N) is 1. The fraction of sp³-hybridized carbons (Fsp3) is 0.250. The zero-order valence-electron chi connectivity index (χ0n) is 13.1. The Morgan fingerprint density at radius 1 is 1.28 bits per heavy atom. The standard InChI is InChI=1S/C16H17N3O3S.2Na.2H/c1-9-7-17-14(10(2)15(9)20)8-23(21)16-18-12-5-4-11(22-3)6-13(12)19-16;;;;/h4-7H,8H2,1-3H3,(H,17,20)(H,18,19);;;;. The van der Waals surface area contributed by atoms with Crippen LogP contribution in [0.15, 0.2) is 29.6 Å². The van der Waals surface area contributed by atoms with Crippen molar-refractivity contribution in [2.75, 3.05) is 7.11 Å². The molecule has 1 aromatic carbocycles. The van der Waals surface area contributed by atoms with Crippen LogP contribution in [0.25, 0.3) is 11.0 Å². The normalized spacial score (nSPS) is 11.5. The topological polar surface area (TPSA) is 94.1 Å². The SMILES string of the molecule is COc1ccc2[nH]c([S+]([O-])Cc3ncc(C)c(O)c3C)nc2c1.[NaH].[NaH]. The van der Waals surface area contributed by atoms with Gasteiger partial charge in [-0.15, -0.1) is 0 Å². The first-order valence-corrected chi connectivity index (χ1v) is 8.37. The van der Waals surface area contributed by atoms with Crippen LogP contribution in [-0.4, -0.2) is 90.8 Å². The van der Waals surface area contributed by atoms with E-state index in [4.69, 9.17) is 4.74 Å². The molecule has 2 N–H and O–H groups in total. The Morgan fingerprint density at radius 2 is 2.00 bits per heavy atom. The van der Waals surface area contributed by atoms with Crippen LogP contribution in [0.5, 0.6) is 11.5 Å². The Labute approximate surface area is 193 Å². The molecule has 1 unspecified atom stereocenters. The molecule has 0 radical (unpaired) electrons. The van der Waals surface area contributed by atoms with Crippen molar-refractivity contribution in [1.82, 2.24) is 15.0 Å². The quantitative estimate of drug-likeness (QED) is 0.526. The zero-order chi connectivity index (χ0) is 16.6. The molecule has 0 bridgehead atoms. The van der Waals surface area contributed by atoms with Gasteiger partial charge in [0.1, 0.15) is 11.5 Å². The number of H-pyrrole nitrogens is 1. The number of hydrogen-bond acceptors (Lipinski definition) is 5. The molecule has 0 aliphatic carbocycles. The van der Waals surface area contributed by atoms with Gasteiger partial charge in [-0.3, -0.25) is 9.97 Å². The Hall–Kier alpha value is -0.250. The predicted molar refractivity (Wildman–Crippen MR) is 102 cm³/mol. The van der Waals surface area contributed by atoms with Gasteiger partial charge < -0.3 is 14.4 Å². The number of ether oxygens (including phenoxy) is 1. The Morgan fingerprint density at radius 3 is 2.68 bits per heavy atom. The summed E-state index contributed by atoms with van der Waals surface area (Å²) in [5, 5.41) is 10.4. The van der Waals surface area contributed by atoms with Gasteiger partial charge in [-0.1, -0.05) is 0 Å². The summed E-state index contributed by atoms with van der Waals surface area (Å²) in [4.78, 5) is 11.7. The van der Waals surface area contributed by atoms with Crippen LogP contribution in [0, 0.1) is 13.8 Å². The molecule has 0 aliphatic heterocycles. The van der Waals surface area contributed by atoms with Gasteiger partial charge in [-0.05, 0) is 26.0 Å². The summed E-state index contributed by atoms with van der Waals surface area (Å²) in [6.07, 6.45) is 1.58. The number of nitrogens with zero attached hydrogens (tertiary/aromatic N) is 2. The first kappa shape index (κ1) is 22.8. The van der Waals surface area contributed by atoms with Crippen molar-refractivity contribution in [2.24, 2.45) is 0 Å². The van der Waals surface area contributed by atoms with Gasteiger partial charge in [0.25, 0.3) is 0 Å². The molecule has 0 saturated carbocycles. The molecule has 2 aromatic heterocycles. The number of aromatic hydroxyl groups is 1. The van der Waals surface area contributed by atoms with E-state index in [2.05, 4.69) is 15.0 Å². The van der Waals surface area contributed by atoms with Crippen molar-refractivity contribution in [2.45, 2.75) is 24.8 Å². The summed E-state index contributed by atoms with van der Waals surface area (Å²) in [6, 6.07) is 5.44. The molecule has 9 heteroatoms. The van der Waals surface area contributed by atoms with Gasteiger partial charge in [-0.2, -0.15) is 4.98 Å². The number of benzene rings is 1. The number of rotatable bonds is 4. The number of aromatic nitrogens is 3. The number of fused-ring (bicyclic) bond motifs is 1. The maximum absolute atomic E-state index is 12.6. The summed E-state index contributed by atoms with van der Waals surface area (Å²) >= 11 is -1.38. The van der Waals surface area contributed by atoms with Crippen molar-refractivity contribution in [3.63, 3.8) is 0 Å². The Bertz CT molecular complexity index is 873. The minimum absolute atomic E-state index is 0. The second-order valence-corrected chi connectivity index (χ2v) is 6.64. The molecule has 0 spiro atoms. The number of hydrogen-bond donors (Lipinski definition) is 2. The minimum atomic E-state index is -1.38. The molecule has 3 aromatic rings. The summed E-state index contributed by atoms with van der Waals surface area (Å²) in [6.45, 7) is 3.55. The monoisotopic (exact) mass is 379 g/mol. The van der Waals surface area contributed by atoms with Crippen molar-refractivity contribution in [3.05, 3.63) is 41.2 Å². The van der Waals surface area contributed by atoms with Gasteiger partial charge in [-0.25, -0.2) is 0 Å². The number of methoxy groups -OCH3 is 1. The number of aromatic amines is 1. The van der Waals surface area contributed by atoms with Crippen molar-refractivity contribution < 1.29 is 14.4 Å². The molecule has 25 heavy (non-hydrogen) atoms. The van der Waals surface area contributed by atoms with Crippen molar-refractivity contribution >= 4 is 81.3 Å². The van der Waals surface area contributed by atoms with E-state index < -0.39 is 11.2 Å². The molecule has 0 amide bonds. The van der Waals surface area contributed by atoms with E-state index >= 15 is 0 Å². The molecule has 2 heterocycles. The summed E-state index contributed by atoms with van der Waals surface area (Å²) in [7, 11) is 1.59. The second kappa shape index (κ2) is 9.62. The van der Waals surface area contributed by atoms with Crippen LogP contribution in [0.2, 0.25) is 0 Å². The van der Waals surface area contributed by atoms with Crippen LogP contribution in [0.3, 0.4) is 0 Å². The molecular formula is C16H19N3Na2O3S. The van der Waals surface area contributed by atoms with Crippen LogP contribution in [-0.2, 0) is 16.9 Å². The van der Waals surface area contributed by atoms with E-state index in [1.54, 1.807) is 33.2 Å². The van der Waals surface area contributed by atoms with E-state index in [1.807, 2.05) is 12.1 Å². The molecule has 0 aliphatic rings. The molecule has 3 rings (SSSR count). The van der Waals surface area contributed by atoms with Gasteiger partial charge in [0.2, 0.25) is 0 Å². The number of imidazole rings is 1. The van der Waals surface area contributed by atoms with Crippen LogP contribution in [0.4, 0.5) is 0 Å². The number of pyridine rings is 1. The van der Waals surface area contributed by atoms with Gasteiger partial charge in [0.15, 0.2) is 5.75 Å². The molecule has 6 nitrogen and oxygen atoms in total. The van der Waals surface area contributed by atoms with Crippen molar-refractivity contribution in [3.8, 4) is 11.5 Å². The Balaban J connectivity index is 0.00000156. The van der Waals surface area contributed by atoms with E-state index in [0.717, 1.165) is 5.52 Å². The average molecular weight is 379 g/mol. The van der Waals surface area contributed by atoms with Crippen LogP contribution in [0.1, 0.15) is 16.8 Å². The van der Waals surface area contributed by atoms with Gasteiger partial charge in [0.05, 0.1) is 23.8 Å². The predicted octanol–water partition coefficient (Wildman–Crippen LogP) is 1.30. The first-order valence-electron chi connectivity index (χ1n) is 7.05. The molecular weight excluding hydrogens is 360 g/mol. The van der Waals surface area contributed by atoms with Crippen LogP contribution >= 0.6 is 0 Å². The third kappa shape index (κ3) is 4.93. The fourth-order valence-corrected chi connectivity index (χ4v) is 3.40. The first-order chi connectivity index (χ1) is 11.0. The van der Waals surface area contributed by atoms with Crippen LogP contribution < -0.4 is 4.74 Å². The fourth-order valence-electron chi connectivity index (χ4n) is 2.30. The second-order valence-electron chi connectivity index (χ2n) is 5.28. The van der Waals surface area contributed by atoms with Crippen molar-refractivity contribution in [1.29, 1.82) is 0 Å². The zero-order valence-corrected chi connectivity index (χ0v) is 13.9. The Kier molecular flexibility index (Phi) is 8.77. The molecule has 0 saturated heterocycles. The van der Waals surface area contributed by atoms with Gasteiger partial charge >= 0.3 is 64.3 Å². The van der Waals surface area contributed by atoms with E-state index in [9.17, 15) is 9.66 Å². The average Bonchev–Trinajstić information content (AvgIpc) is 2.98. The maximum atomic E-state index is 12.6. The summed E-state index contributed by atoms with van der Waals surface area (Å²) in [5.74, 6) is 1.08. The summed E-state index contributed by atoms with van der Waals surface area (Å²) in [5.41, 5.74) is 3.45. The third-order valence-electron chi connectivity index (χ3n) is 3.73.